The molecule has 2 aliphatic heterocycles. The summed E-state index contributed by atoms with van der Waals surface area (Å²) in [4.78, 5) is 21.1. The maximum Gasteiger partial charge on any atom is 0.423 e. The topological polar surface area (TPSA) is 109 Å². The van der Waals surface area contributed by atoms with E-state index in [1.54, 1.807) is 12.2 Å². The number of para-hydroxylation sites is 2. The van der Waals surface area contributed by atoms with Crippen molar-refractivity contribution in [3.8, 4) is 17.0 Å². The number of halogens is 1. The van der Waals surface area contributed by atoms with Gasteiger partial charge in [-0.1, -0.05) is 35.9 Å². The number of nitrogens with two attached hydrogens (primary N) is 1. The first-order chi connectivity index (χ1) is 18.4. The van der Waals surface area contributed by atoms with Crippen molar-refractivity contribution in [2.24, 2.45) is 5.73 Å². The number of carbonyl (C=O) groups is 1. The van der Waals surface area contributed by atoms with Gasteiger partial charge < -0.3 is 25.3 Å². The van der Waals surface area contributed by atoms with Gasteiger partial charge in [0.05, 0.1) is 37.7 Å². The second kappa shape index (κ2) is 11.6. The van der Waals surface area contributed by atoms with E-state index in [0.717, 1.165) is 60.1 Å². The molecule has 2 aromatic carbocycles. The van der Waals surface area contributed by atoms with Crippen LogP contribution in [-0.4, -0.2) is 83.4 Å². The molecule has 2 aliphatic rings. The molecule has 11 heteroatoms. The Bertz CT molecular complexity index is 1260. The first kappa shape index (κ1) is 26.3. The van der Waals surface area contributed by atoms with Crippen molar-refractivity contribution in [1.82, 2.24) is 19.7 Å². The number of hydrogen-bond donors (Lipinski definition) is 2. The van der Waals surface area contributed by atoms with Crippen LogP contribution in [-0.2, 0) is 24.3 Å². The molecule has 1 fully saturated rings. The van der Waals surface area contributed by atoms with Crippen molar-refractivity contribution in [1.29, 1.82) is 0 Å². The predicted molar refractivity (Wildman–Crippen MR) is 145 cm³/mol. The molecular weight excluding hydrogens is 508 g/mol. The Hall–Kier alpha value is -3.31. The van der Waals surface area contributed by atoms with Crippen LogP contribution in [0, 0.1) is 0 Å². The molecule has 38 heavy (non-hydrogen) atoms. The summed E-state index contributed by atoms with van der Waals surface area (Å²) in [5, 5.41) is 18.1. The highest BCUT2D eigenvalue weighted by molar-refractivity contribution is 6.30. The van der Waals surface area contributed by atoms with Crippen molar-refractivity contribution in [3.63, 3.8) is 0 Å². The lowest BCUT2D eigenvalue weighted by molar-refractivity contribution is -0.107. The SMILES string of the molecule is COc1ccccc1N1CCN(CC(O)Cn2nc(-c3ccc(Cl)cc3)c3c2CCN(OC(N)=O)C3)CC1. The number of fused-ring (bicyclic) bond motifs is 1. The number of ether oxygens (including phenoxy) is 1. The highest BCUT2D eigenvalue weighted by Gasteiger charge is 2.29. The molecule has 1 amide bonds. The average molecular weight is 541 g/mol. The van der Waals surface area contributed by atoms with Gasteiger partial charge in [-0.15, -0.1) is 5.06 Å². The molecule has 1 saturated heterocycles. The number of β-amino-alcohol motifs (C(OH)–C–C–N with tert-alkyl or cyclic N) is 1. The Balaban J connectivity index is 1.26. The molecule has 3 heterocycles. The molecule has 1 aromatic heterocycles. The summed E-state index contributed by atoms with van der Waals surface area (Å²) >= 11 is 6.10. The highest BCUT2D eigenvalue weighted by Crippen LogP contribution is 2.32. The molecule has 0 saturated carbocycles. The number of benzene rings is 2. The summed E-state index contributed by atoms with van der Waals surface area (Å²) in [5.74, 6) is 0.876. The summed E-state index contributed by atoms with van der Waals surface area (Å²) in [6, 6.07) is 15.5. The number of aliphatic hydroxyl groups excluding tert-OH is 1. The third-order valence-electron chi connectivity index (χ3n) is 7.09. The van der Waals surface area contributed by atoms with Crippen LogP contribution < -0.4 is 15.4 Å². The minimum atomic E-state index is -0.838. The molecule has 202 valence electrons. The number of primary amides is 1. The number of anilines is 1. The fourth-order valence-electron chi connectivity index (χ4n) is 5.28. The van der Waals surface area contributed by atoms with E-state index in [2.05, 4.69) is 15.9 Å². The quantitative estimate of drug-likeness (QED) is 0.449. The van der Waals surface area contributed by atoms with Crippen LogP contribution in [0.1, 0.15) is 11.3 Å². The predicted octanol–water partition coefficient (Wildman–Crippen LogP) is 2.76. The van der Waals surface area contributed by atoms with Gasteiger partial charge in [-0.2, -0.15) is 5.10 Å². The van der Waals surface area contributed by atoms with E-state index < -0.39 is 12.2 Å². The second-order valence-corrected chi connectivity index (χ2v) is 10.0. The van der Waals surface area contributed by atoms with E-state index in [1.165, 1.54) is 0 Å². The van der Waals surface area contributed by atoms with Crippen LogP contribution in [0.4, 0.5) is 10.5 Å². The molecule has 0 radical (unpaired) electrons. The van der Waals surface area contributed by atoms with Gasteiger partial charge in [0, 0.05) is 67.5 Å². The first-order valence-electron chi connectivity index (χ1n) is 12.8. The third-order valence-corrected chi connectivity index (χ3v) is 7.34. The van der Waals surface area contributed by atoms with Crippen molar-refractivity contribution < 1.29 is 19.5 Å². The number of methoxy groups -OCH3 is 1. The number of carbonyl (C=O) groups excluding carboxylic acids is 1. The largest absolute Gasteiger partial charge is 0.495 e. The van der Waals surface area contributed by atoms with Crippen LogP contribution in [0.5, 0.6) is 5.75 Å². The molecule has 10 nitrogen and oxygen atoms in total. The van der Waals surface area contributed by atoms with Gasteiger partial charge in [0.1, 0.15) is 5.75 Å². The van der Waals surface area contributed by atoms with Crippen LogP contribution in [0.2, 0.25) is 5.02 Å². The Morgan fingerprint density at radius 3 is 2.53 bits per heavy atom. The van der Waals surface area contributed by atoms with E-state index in [9.17, 15) is 9.90 Å². The zero-order valence-corrected chi connectivity index (χ0v) is 22.2. The Labute approximate surface area is 227 Å². The van der Waals surface area contributed by atoms with Crippen molar-refractivity contribution in [3.05, 3.63) is 64.8 Å². The van der Waals surface area contributed by atoms with Crippen molar-refractivity contribution in [2.45, 2.75) is 25.6 Å². The summed E-state index contributed by atoms with van der Waals surface area (Å²) in [5.41, 5.74) is 10.0. The van der Waals surface area contributed by atoms with Crippen molar-refractivity contribution >= 4 is 23.4 Å². The lowest BCUT2D eigenvalue weighted by Gasteiger charge is -2.37. The standard InChI is InChI=1S/C27H33ClN6O4/c1-37-25-5-3-2-4-24(25)32-14-12-31(13-15-32)16-21(35)17-34-23-10-11-33(38-27(29)36)18-22(23)26(30-34)19-6-8-20(28)9-7-19/h2-9,21,35H,10-18H2,1H3,(H2,29,36). The van der Waals surface area contributed by atoms with Crippen LogP contribution in [0.3, 0.4) is 0 Å². The van der Waals surface area contributed by atoms with Gasteiger partial charge >= 0.3 is 6.09 Å². The monoisotopic (exact) mass is 540 g/mol. The molecule has 0 spiro atoms. The number of nitrogens with zero attached hydrogens (tertiary/aromatic N) is 5. The molecule has 0 aliphatic carbocycles. The molecule has 5 rings (SSSR count). The minimum absolute atomic E-state index is 0.372. The van der Waals surface area contributed by atoms with Gasteiger partial charge in [0.15, 0.2) is 0 Å². The van der Waals surface area contributed by atoms with E-state index in [-0.39, 0.29) is 0 Å². The number of rotatable bonds is 8. The fraction of sp³-hybridized carbons (Fsp3) is 0.407. The van der Waals surface area contributed by atoms with E-state index >= 15 is 0 Å². The summed E-state index contributed by atoms with van der Waals surface area (Å²) in [7, 11) is 1.69. The van der Waals surface area contributed by atoms with Gasteiger partial charge in [0.2, 0.25) is 0 Å². The Morgan fingerprint density at radius 1 is 1.08 bits per heavy atom. The van der Waals surface area contributed by atoms with Crippen LogP contribution in [0.25, 0.3) is 11.3 Å². The minimum Gasteiger partial charge on any atom is -0.495 e. The summed E-state index contributed by atoms with van der Waals surface area (Å²) in [6.45, 7) is 5.23. The third kappa shape index (κ3) is 5.88. The molecule has 1 atom stereocenters. The van der Waals surface area contributed by atoms with E-state index in [1.807, 2.05) is 47.1 Å². The zero-order valence-electron chi connectivity index (χ0n) is 21.4. The number of hydrogen-bond acceptors (Lipinski definition) is 8. The number of aliphatic hydroxyl groups is 1. The van der Waals surface area contributed by atoms with Crippen LogP contribution >= 0.6 is 11.6 Å². The number of hydroxylamine groups is 2. The fourth-order valence-corrected chi connectivity index (χ4v) is 5.41. The summed E-state index contributed by atoms with van der Waals surface area (Å²) in [6.07, 6.45) is -0.807. The van der Waals surface area contributed by atoms with E-state index in [0.29, 0.717) is 37.6 Å². The van der Waals surface area contributed by atoms with Gasteiger partial charge in [0.25, 0.3) is 0 Å². The molecule has 3 aromatic rings. The first-order valence-corrected chi connectivity index (χ1v) is 13.1. The zero-order chi connectivity index (χ0) is 26.6. The summed E-state index contributed by atoms with van der Waals surface area (Å²) < 4.78 is 7.42. The molecule has 3 N–H and O–H groups in total. The lowest BCUT2D eigenvalue weighted by Crippen LogP contribution is -2.49. The maximum absolute atomic E-state index is 11.3. The number of aromatic nitrogens is 2. The van der Waals surface area contributed by atoms with Gasteiger partial charge in [-0.25, -0.2) is 4.79 Å². The molecule has 1 unspecified atom stereocenters. The smallest absolute Gasteiger partial charge is 0.423 e. The average Bonchev–Trinajstić information content (AvgIpc) is 3.26. The molecular formula is C27H33ClN6O4. The van der Waals surface area contributed by atoms with Crippen LogP contribution in [0.15, 0.2) is 48.5 Å². The van der Waals surface area contributed by atoms with Crippen molar-refractivity contribution in [2.75, 3.05) is 51.3 Å². The van der Waals surface area contributed by atoms with E-state index in [4.69, 9.17) is 32.0 Å². The normalized spacial score (nSPS) is 17.2. The Kier molecular flexibility index (Phi) is 8.04. The highest BCUT2D eigenvalue weighted by atomic mass is 35.5. The van der Waals surface area contributed by atoms with Gasteiger partial charge in [-0.3, -0.25) is 9.58 Å². The maximum atomic E-state index is 11.3. The number of amides is 1. The number of piperazine rings is 1. The molecule has 0 bridgehead atoms. The van der Waals surface area contributed by atoms with Gasteiger partial charge in [-0.05, 0) is 24.3 Å². The second-order valence-electron chi connectivity index (χ2n) is 9.60. The lowest BCUT2D eigenvalue weighted by atomic mass is 10.0. The Morgan fingerprint density at radius 2 is 1.82 bits per heavy atom.